The van der Waals surface area contributed by atoms with Crippen molar-refractivity contribution in [2.24, 2.45) is 0 Å². The average molecular weight is 494 g/mol. The predicted molar refractivity (Wildman–Crippen MR) is 147 cm³/mol. The van der Waals surface area contributed by atoms with Gasteiger partial charge in [-0.05, 0) is 51.4 Å². The zero-order chi connectivity index (χ0) is 26.0. The third-order valence-electron chi connectivity index (χ3n) is 6.16. The van der Waals surface area contributed by atoms with Crippen LogP contribution in [0.5, 0.6) is 0 Å². The predicted octanol–water partition coefficient (Wildman–Crippen LogP) is 6.34. The Morgan fingerprint density at radius 1 is 0.600 bits per heavy atom. The number of rotatable bonds is 24. The quantitative estimate of drug-likeness (QED) is 0.108. The highest BCUT2D eigenvalue weighted by molar-refractivity contribution is 5.88. The van der Waals surface area contributed by atoms with Crippen LogP contribution in [-0.4, -0.2) is 36.9 Å². The van der Waals surface area contributed by atoms with E-state index in [0.29, 0.717) is 25.9 Å². The second-order valence-electron chi connectivity index (χ2n) is 9.63. The Labute approximate surface area is 215 Å². The monoisotopic (exact) mass is 493 g/mol. The molecule has 6 nitrogen and oxygen atoms in total. The molecule has 0 spiro atoms. The van der Waals surface area contributed by atoms with Crippen LogP contribution >= 0.6 is 0 Å². The molecule has 1 atom stereocenters. The van der Waals surface area contributed by atoms with Crippen molar-refractivity contribution in [1.82, 2.24) is 16.0 Å². The van der Waals surface area contributed by atoms with E-state index in [1.807, 2.05) is 0 Å². The number of allylic oxidation sites excluding steroid dienone is 2. The fraction of sp³-hybridized carbons (Fsp3) is 0.828. The van der Waals surface area contributed by atoms with Gasteiger partial charge in [0.1, 0.15) is 6.04 Å². The molecule has 0 aliphatic carbocycles. The fourth-order valence-electron chi connectivity index (χ4n) is 3.82. The van der Waals surface area contributed by atoms with Gasteiger partial charge in [0.25, 0.3) is 0 Å². The summed E-state index contributed by atoms with van der Waals surface area (Å²) >= 11 is 0. The molecule has 3 amide bonds. The normalized spacial score (nSPS) is 12.0. The maximum atomic E-state index is 12.5. The molecule has 0 aliphatic rings. The molecule has 0 saturated heterocycles. The van der Waals surface area contributed by atoms with Crippen molar-refractivity contribution >= 4 is 17.7 Å². The van der Waals surface area contributed by atoms with Crippen molar-refractivity contribution in [3.05, 3.63) is 12.2 Å². The van der Waals surface area contributed by atoms with Crippen LogP contribution in [0.25, 0.3) is 0 Å². The minimum Gasteiger partial charge on any atom is -0.356 e. The lowest BCUT2D eigenvalue weighted by molar-refractivity contribution is -0.129. The summed E-state index contributed by atoms with van der Waals surface area (Å²) in [6, 6.07) is -0.654. The second-order valence-corrected chi connectivity index (χ2v) is 9.63. The summed E-state index contributed by atoms with van der Waals surface area (Å²) in [6.45, 7) is 7.64. The molecule has 0 heterocycles. The molecule has 0 aromatic rings. The molecule has 0 fully saturated rings. The first-order valence-corrected chi connectivity index (χ1v) is 14.5. The van der Waals surface area contributed by atoms with Gasteiger partial charge in [-0.3, -0.25) is 14.4 Å². The lowest BCUT2D eigenvalue weighted by Crippen LogP contribution is -2.47. The van der Waals surface area contributed by atoms with Crippen molar-refractivity contribution in [3.63, 3.8) is 0 Å². The molecule has 3 N–H and O–H groups in total. The molecule has 0 aliphatic heterocycles. The smallest absolute Gasteiger partial charge is 0.242 e. The molecule has 35 heavy (non-hydrogen) atoms. The Morgan fingerprint density at radius 3 is 1.77 bits per heavy atom. The Balaban J connectivity index is 4.14. The average Bonchev–Trinajstić information content (AvgIpc) is 2.84. The third-order valence-corrected chi connectivity index (χ3v) is 6.16. The van der Waals surface area contributed by atoms with E-state index in [4.69, 9.17) is 0 Å². The summed E-state index contributed by atoms with van der Waals surface area (Å²) in [5.41, 5.74) is 0. The molecular weight excluding hydrogens is 438 g/mol. The van der Waals surface area contributed by atoms with E-state index in [0.717, 1.165) is 51.4 Å². The summed E-state index contributed by atoms with van der Waals surface area (Å²) in [6.07, 6.45) is 22.6. The Bertz CT molecular complexity index is 563. The van der Waals surface area contributed by atoms with Crippen LogP contribution in [-0.2, 0) is 14.4 Å². The van der Waals surface area contributed by atoms with E-state index < -0.39 is 6.04 Å². The van der Waals surface area contributed by atoms with Crippen LogP contribution < -0.4 is 16.0 Å². The van der Waals surface area contributed by atoms with Crippen LogP contribution in [0.2, 0.25) is 0 Å². The van der Waals surface area contributed by atoms with Crippen LogP contribution in [0.15, 0.2) is 12.2 Å². The van der Waals surface area contributed by atoms with Crippen LogP contribution in [0.1, 0.15) is 136 Å². The molecule has 6 heteroatoms. The van der Waals surface area contributed by atoms with Crippen molar-refractivity contribution in [2.75, 3.05) is 13.1 Å². The van der Waals surface area contributed by atoms with Crippen molar-refractivity contribution in [2.45, 2.75) is 142 Å². The van der Waals surface area contributed by atoms with Gasteiger partial charge < -0.3 is 16.0 Å². The van der Waals surface area contributed by atoms with Gasteiger partial charge >= 0.3 is 0 Å². The number of nitrogens with one attached hydrogen (secondary N) is 3. The Kier molecular flexibility index (Phi) is 23.9. The number of hydrogen-bond acceptors (Lipinski definition) is 3. The lowest BCUT2D eigenvalue weighted by Gasteiger charge is -2.18. The Morgan fingerprint density at radius 2 is 1.14 bits per heavy atom. The molecule has 0 bridgehead atoms. The molecule has 0 unspecified atom stereocenters. The summed E-state index contributed by atoms with van der Waals surface area (Å²) in [4.78, 5) is 37.0. The zero-order valence-electron chi connectivity index (χ0n) is 23.1. The van der Waals surface area contributed by atoms with E-state index in [1.165, 1.54) is 44.9 Å². The highest BCUT2D eigenvalue weighted by atomic mass is 16.2. The molecule has 204 valence electrons. The van der Waals surface area contributed by atoms with Gasteiger partial charge in [0.15, 0.2) is 0 Å². The highest BCUT2D eigenvalue weighted by Gasteiger charge is 2.21. The number of amides is 3. The Hall–Kier alpha value is -1.85. The number of unbranched alkanes of at least 4 members (excludes halogenated alkanes) is 11. The van der Waals surface area contributed by atoms with Gasteiger partial charge in [0, 0.05) is 25.9 Å². The minimum atomic E-state index is -0.654. The summed E-state index contributed by atoms with van der Waals surface area (Å²) in [7, 11) is 0. The standard InChI is InChI=1S/C29H55N3O3/c1-4-7-10-11-12-13-14-15-16-17-18-19-20-21-28(34)32-26(29(35)31-25-9-6-3)22-23-27(33)30-24-8-5-2/h16-17,26H,4-15,18-25H2,1-3H3,(H,30,33)(H,31,35)(H,32,34)/b17-16+/t26-/m0/s1. The number of hydrogen-bond donors (Lipinski definition) is 3. The SMILES string of the molecule is CCCCCCCCC/C=C/CCCCC(=O)N[C@@H](CCC(=O)NCCCC)C(=O)NCCCC. The first-order valence-electron chi connectivity index (χ1n) is 14.5. The van der Waals surface area contributed by atoms with Crippen molar-refractivity contribution in [3.8, 4) is 0 Å². The maximum Gasteiger partial charge on any atom is 0.242 e. The summed E-state index contributed by atoms with van der Waals surface area (Å²) in [5, 5.41) is 8.62. The van der Waals surface area contributed by atoms with E-state index >= 15 is 0 Å². The van der Waals surface area contributed by atoms with Gasteiger partial charge in [-0.15, -0.1) is 0 Å². The second kappa shape index (κ2) is 25.2. The van der Waals surface area contributed by atoms with Gasteiger partial charge in [0.2, 0.25) is 17.7 Å². The van der Waals surface area contributed by atoms with Gasteiger partial charge in [-0.25, -0.2) is 0 Å². The van der Waals surface area contributed by atoms with Crippen LogP contribution in [0.3, 0.4) is 0 Å². The van der Waals surface area contributed by atoms with Gasteiger partial charge in [-0.2, -0.15) is 0 Å². The fourth-order valence-corrected chi connectivity index (χ4v) is 3.82. The van der Waals surface area contributed by atoms with E-state index in [2.05, 4.69) is 48.9 Å². The van der Waals surface area contributed by atoms with Crippen molar-refractivity contribution < 1.29 is 14.4 Å². The largest absolute Gasteiger partial charge is 0.356 e. The van der Waals surface area contributed by atoms with E-state index in [-0.39, 0.29) is 24.1 Å². The molecular formula is C29H55N3O3. The highest BCUT2D eigenvalue weighted by Crippen LogP contribution is 2.09. The molecule has 0 aromatic heterocycles. The van der Waals surface area contributed by atoms with Crippen molar-refractivity contribution in [1.29, 1.82) is 0 Å². The minimum absolute atomic E-state index is 0.0673. The maximum absolute atomic E-state index is 12.5. The molecule has 0 saturated carbocycles. The topological polar surface area (TPSA) is 87.3 Å². The molecule has 0 rings (SSSR count). The zero-order valence-corrected chi connectivity index (χ0v) is 23.1. The first-order chi connectivity index (χ1) is 17.0. The lowest BCUT2D eigenvalue weighted by atomic mass is 10.1. The summed E-state index contributed by atoms with van der Waals surface area (Å²) in [5.74, 6) is -0.372. The molecule has 0 aromatic carbocycles. The van der Waals surface area contributed by atoms with Crippen LogP contribution in [0, 0.1) is 0 Å². The number of carbonyl (C=O) groups is 3. The summed E-state index contributed by atoms with van der Waals surface area (Å²) < 4.78 is 0. The van der Waals surface area contributed by atoms with E-state index in [9.17, 15) is 14.4 Å². The van der Waals surface area contributed by atoms with Gasteiger partial charge in [-0.1, -0.05) is 84.3 Å². The van der Waals surface area contributed by atoms with Crippen LogP contribution in [0.4, 0.5) is 0 Å². The first kappa shape index (κ1) is 33.1. The third kappa shape index (κ3) is 22.4. The van der Waals surface area contributed by atoms with E-state index in [1.54, 1.807) is 0 Å². The number of carbonyl (C=O) groups excluding carboxylic acids is 3. The van der Waals surface area contributed by atoms with Gasteiger partial charge in [0.05, 0.1) is 0 Å². The molecule has 0 radical (unpaired) electrons.